The first-order valence-electron chi connectivity index (χ1n) is 8.72. The molecule has 7 nitrogen and oxygen atoms in total. The van der Waals surface area contributed by atoms with E-state index in [-0.39, 0.29) is 19.1 Å². The fraction of sp³-hybridized carbons (Fsp3) is 0.190. The van der Waals surface area contributed by atoms with Crippen LogP contribution in [0.5, 0.6) is 11.5 Å². The van der Waals surface area contributed by atoms with Crippen molar-refractivity contribution in [2.24, 2.45) is 5.10 Å². The number of benzene rings is 2. The molecule has 0 aliphatic rings. The van der Waals surface area contributed by atoms with Crippen LogP contribution >= 0.6 is 15.9 Å². The largest absolute Gasteiger partial charge is 0.494 e. The molecule has 0 saturated heterocycles. The van der Waals surface area contributed by atoms with Crippen molar-refractivity contribution < 1.29 is 19.1 Å². The lowest BCUT2D eigenvalue weighted by atomic mass is 10.2. The molecule has 0 aromatic heterocycles. The van der Waals surface area contributed by atoms with Crippen LogP contribution < -0.4 is 20.2 Å². The molecule has 150 valence electrons. The van der Waals surface area contributed by atoms with Gasteiger partial charge in [0.2, 0.25) is 0 Å². The number of nitrogens with one attached hydrogen (secondary N) is 2. The number of hydrogen-bond donors (Lipinski definition) is 2. The van der Waals surface area contributed by atoms with Crippen molar-refractivity contribution in [2.45, 2.75) is 6.92 Å². The molecule has 0 unspecified atom stereocenters. The van der Waals surface area contributed by atoms with Crippen molar-refractivity contribution in [3.63, 3.8) is 0 Å². The number of amides is 2. The van der Waals surface area contributed by atoms with Crippen molar-refractivity contribution in [1.29, 1.82) is 0 Å². The Bertz CT molecular complexity index is 921. The highest BCUT2D eigenvalue weighted by Gasteiger charge is 2.08. The Labute approximate surface area is 177 Å². The molecule has 0 aliphatic carbocycles. The van der Waals surface area contributed by atoms with Crippen LogP contribution in [0.2, 0.25) is 0 Å². The van der Waals surface area contributed by atoms with Crippen LogP contribution in [0.4, 0.5) is 0 Å². The van der Waals surface area contributed by atoms with Crippen LogP contribution in [0.15, 0.2) is 52.0 Å². The summed E-state index contributed by atoms with van der Waals surface area (Å²) in [6, 6.07) is 12.0. The third-order valence-corrected chi connectivity index (χ3v) is 4.01. The maximum Gasteiger partial charge on any atom is 0.259 e. The summed E-state index contributed by atoms with van der Waals surface area (Å²) in [6.07, 6.45) is 6.63. The van der Waals surface area contributed by atoms with Crippen molar-refractivity contribution >= 4 is 34.0 Å². The molecule has 0 radical (unpaired) electrons. The lowest BCUT2D eigenvalue weighted by molar-refractivity contribution is -0.120. The van der Waals surface area contributed by atoms with Crippen LogP contribution in [0.3, 0.4) is 0 Å². The van der Waals surface area contributed by atoms with Gasteiger partial charge in [0.15, 0.2) is 0 Å². The quantitative estimate of drug-likeness (QED) is 0.344. The SMILES string of the molecule is C#CCOc1ccc(Br)cc1/C=N/NC(=O)CNC(=O)c1ccc(OCC)cc1. The summed E-state index contributed by atoms with van der Waals surface area (Å²) in [7, 11) is 0. The van der Waals surface area contributed by atoms with Gasteiger partial charge in [0.25, 0.3) is 11.8 Å². The van der Waals surface area contributed by atoms with E-state index in [1.54, 1.807) is 42.5 Å². The van der Waals surface area contributed by atoms with Gasteiger partial charge >= 0.3 is 0 Å². The Morgan fingerprint density at radius 2 is 1.97 bits per heavy atom. The van der Waals surface area contributed by atoms with Crippen molar-refractivity contribution in [2.75, 3.05) is 19.8 Å². The Balaban J connectivity index is 1.86. The van der Waals surface area contributed by atoms with Crippen molar-refractivity contribution in [3.05, 3.63) is 58.1 Å². The van der Waals surface area contributed by atoms with Gasteiger partial charge in [-0.2, -0.15) is 5.10 Å². The van der Waals surface area contributed by atoms with Crippen LogP contribution in [0, 0.1) is 12.3 Å². The number of rotatable bonds is 9. The van der Waals surface area contributed by atoms with E-state index in [9.17, 15) is 9.59 Å². The predicted molar refractivity (Wildman–Crippen MR) is 114 cm³/mol. The molecule has 0 atom stereocenters. The number of carbonyl (C=O) groups excluding carboxylic acids is 2. The van der Waals surface area contributed by atoms with Crippen molar-refractivity contribution in [1.82, 2.24) is 10.7 Å². The molecule has 0 heterocycles. The van der Waals surface area contributed by atoms with Gasteiger partial charge in [-0.05, 0) is 49.4 Å². The average molecular weight is 458 g/mol. The highest BCUT2D eigenvalue weighted by Crippen LogP contribution is 2.21. The monoisotopic (exact) mass is 457 g/mol. The maximum atomic E-state index is 12.1. The molecule has 29 heavy (non-hydrogen) atoms. The Morgan fingerprint density at radius 1 is 1.21 bits per heavy atom. The third-order valence-electron chi connectivity index (χ3n) is 3.51. The summed E-state index contributed by atoms with van der Waals surface area (Å²) >= 11 is 3.36. The number of hydrazone groups is 1. The van der Waals surface area contributed by atoms with Gasteiger partial charge in [-0.15, -0.1) is 6.42 Å². The van der Waals surface area contributed by atoms with Crippen LogP contribution in [0.25, 0.3) is 0 Å². The van der Waals surface area contributed by atoms with Gasteiger partial charge in [-0.3, -0.25) is 9.59 Å². The van der Waals surface area contributed by atoms with Crippen LogP contribution in [0.1, 0.15) is 22.8 Å². The molecule has 2 aromatic carbocycles. The average Bonchev–Trinajstić information content (AvgIpc) is 2.72. The smallest absolute Gasteiger partial charge is 0.259 e. The first-order chi connectivity index (χ1) is 14.0. The Hall–Kier alpha value is -3.31. The molecule has 8 heteroatoms. The zero-order valence-electron chi connectivity index (χ0n) is 15.8. The number of hydrogen-bond acceptors (Lipinski definition) is 5. The van der Waals surface area contributed by atoms with E-state index in [4.69, 9.17) is 15.9 Å². The molecular formula is C21H20BrN3O4. The highest BCUT2D eigenvalue weighted by molar-refractivity contribution is 9.10. The van der Waals surface area contributed by atoms with Crippen molar-refractivity contribution in [3.8, 4) is 23.8 Å². The number of halogens is 1. The Kier molecular flexibility index (Phi) is 8.73. The molecular weight excluding hydrogens is 438 g/mol. The van der Waals surface area contributed by atoms with E-state index >= 15 is 0 Å². The molecule has 0 fully saturated rings. The first kappa shape index (κ1) is 22.0. The summed E-state index contributed by atoms with van der Waals surface area (Å²) in [5.41, 5.74) is 3.41. The fourth-order valence-corrected chi connectivity index (χ4v) is 2.60. The van der Waals surface area contributed by atoms with E-state index in [0.29, 0.717) is 29.2 Å². The van der Waals surface area contributed by atoms with Crippen LogP contribution in [-0.2, 0) is 4.79 Å². The fourth-order valence-electron chi connectivity index (χ4n) is 2.22. The number of nitrogens with zero attached hydrogens (tertiary/aromatic N) is 1. The molecule has 0 bridgehead atoms. The summed E-state index contributed by atoms with van der Waals surface area (Å²) in [5, 5.41) is 6.42. The topological polar surface area (TPSA) is 89.0 Å². The number of terminal acetylenes is 1. The minimum Gasteiger partial charge on any atom is -0.494 e. The minimum absolute atomic E-state index is 0.117. The first-order valence-corrected chi connectivity index (χ1v) is 9.51. The number of carbonyl (C=O) groups is 2. The molecule has 2 rings (SSSR count). The molecule has 0 spiro atoms. The molecule has 2 N–H and O–H groups in total. The second-order valence-electron chi connectivity index (χ2n) is 5.61. The van der Waals surface area contributed by atoms with Gasteiger partial charge in [-0.1, -0.05) is 21.9 Å². The van der Waals surface area contributed by atoms with E-state index in [1.165, 1.54) is 6.21 Å². The van der Waals surface area contributed by atoms with Crippen LogP contribution in [-0.4, -0.2) is 37.8 Å². The Morgan fingerprint density at radius 3 is 2.66 bits per heavy atom. The lowest BCUT2D eigenvalue weighted by Gasteiger charge is -2.07. The molecule has 0 saturated carbocycles. The van der Waals surface area contributed by atoms with Gasteiger partial charge in [0.05, 0.1) is 19.4 Å². The highest BCUT2D eigenvalue weighted by atomic mass is 79.9. The van der Waals surface area contributed by atoms with E-state index in [0.717, 1.165) is 4.47 Å². The molecule has 2 aromatic rings. The molecule has 2 amide bonds. The number of ether oxygens (including phenoxy) is 2. The zero-order chi connectivity index (χ0) is 21.1. The summed E-state index contributed by atoms with van der Waals surface area (Å²) in [4.78, 5) is 24.0. The lowest BCUT2D eigenvalue weighted by Crippen LogP contribution is -2.34. The van der Waals surface area contributed by atoms with E-state index in [1.807, 2.05) is 6.92 Å². The van der Waals surface area contributed by atoms with E-state index < -0.39 is 5.91 Å². The standard InChI is InChI=1S/C21H20BrN3O4/c1-3-11-29-19-10-7-17(22)12-16(19)13-24-25-20(26)14-23-21(27)15-5-8-18(9-6-15)28-4-2/h1,5-10,12-13H,4,11,14H2,2H3,(H,23,27)(H,25,26)/b24-13+. The van der Waals surface area contributed by atoms with Gasteiger partial charge in [0.1, 0.15) is 18.1 Å². The normalized spacial score (nSPS) is 10.2. The predicted octanol–water partition coefficient (Wildman–Crippen LogP) is 2.74. The maximum absolute atomic E-state index is 12.1. The molecule has 0 aliphatic heterocycles. The summed E-state index contributed by atoms with van der Waals surface area (Å²) in [6.45, 7) is 2.32. The minimum atomic E-state index is -0.471. The zero-order valence-corrected chi connectivity index (χ0v) is 17.4. The second kappa shape index (κ2) is 11.5. The van der Waals surface area contributed by atoms with Gasteiger partial charge in [0, 0.05) is 15.6 Å². The van der Waals surface area contributed by atoms with Gasteiger partial charge < -0.3 is 14.8 Å². The summed E-state index contributed by atoms with van der Waals surface area (Å²) < 4.78 is 11.6. The summed E-state index contributed by atoms with van der Waals surface area (Å²) in [5.74, 6) is 2.76. The third kappa shape index (κ3) is 7.31. The van der Waals surface area contributed by atoms with Gasteiger partial charge in [-0.25, -0.2) is 5.43 Å². The second-order valence-corrected chi connectivity index (χ2v) is 6.52. The van der Waals surface area contributed by atoms with E-state index in [2.05, 4.69) is 37.7 Å².